The Morgan fingerprint density at radius 1 is 1.40 bits per heavy atom. The van der Waals surface area contributed by atoms with Crippen molar-refractivity contribution in [2.45, 2.75) is 19.6 Å². The molecule has 20 heavy (non-hydrogen) atoms. The van der Waals surface area contributed by atoms with Crippen LogP contribution in [0.3, 0.4) is 0 Å². The van der Waals surface area contributed by atoms with Gasteiger partial charge >= 0.3 is 6.61 Å². The molecule has 1 aromatic carbocycles. The lowest BCUT2D eigenvalue weighted by Gasteiger charge is -2.18. The minimum atomic E-state index is -2.93. The largest absolute Gasteiger partial charge is 0.493 e. The molecule has 0 aliphatic rings. The topological polar surface area (TPSA) is 64.8 Å². The number of halogens is 2. The van der Waals surface area contributed by atoms with E-state index in [-0.39, 0.29) is 36.9 Å². The van der Waals surface area contributed by atoms with Crippen LogP contribution < -0.4 is 15.2 Å². The second-order valence-corrected chi connectivity index (χ2v) is 4.15. The molecule has 5 nitrogen and oxygen atoms in total. The maximum atomic E-state index is 12.3. The van der Waals surface area contributed by atoms with E-state index in [1.165, 1.54) is 24.1 Å². The van der Waals surface area contributed by atoms with Gasteiger partial charge in [0.05, 0.1) is 7.11 Å². The van der Waals surface area contributed by atoms with Crippen molar-refractivity contribution in [2.75, 3.05) is 20.7 Å². The van der Waals surface area contributed by atoms with Crippen molar-refractivity contribution in [2.24, 2.45) is 5.73 Å². The predicted octanol–water partition coefficient (Wildman–Crippen LogP) is 1.60. The SMILES string of the molecule is COc1ccc(CN(C)C(=O)CCN)cc1OC(F)F. The Morgan fingerprint density at radius 2 is 2.10 bits per heavy atom. The average Bonchev–Trinajstić information content (AvgIpc) is 2.38. The lowest BCUT2D eigenvalue weighted by Crippen LogP contribution is -2.27. The van der Waals surface area contributed by atoms with Gasteiger partial charge in [0.15, 0.2) is 11.5 Å². The first-order chi connectivity index (χ1) is 9.47. The zero-order chi connectivity index (χ0) is 15.1. The van der Waals surface area contributed by atoms with Gasteiger partial charge in [-0.1, -0.05) is 6.07 Å². The van der Waals surface area contributed by atoms with E-state index in [0.717, 1.165) is 0 Å². The van der Waals surface area contributed by atoms with Gasteiger partial charge in [0.1, 0.15) is 0 Å². The van der Waals surface area contributed by atoms with Crippen molar-refractivity contribution < 1.29 is 23.0 Å². The smallest absolute Gasteiger partial charge is 0.387 e. The third-order valence-corrected chi connectivity index (χ3v) is 2.65. The van der Waals surface area contributed by atoms with Crippen LogP contribution in [0.15, 0.2) is 18.2 Å². The van der Waals surface area contributed by atoms with Gasteiger partial charge in [-0.3, -0.25) is 4.79 Å². The lowest BCUT2D eigenvalue weighted by atomic mass is 10.2. The molecule has 0 aliphatic heterocycles. The summed E-state index contributed by atoms with van der Waals surface area (Å²) in [5, 5.41) is 0. The second kappa shape index (κ2) is 7.64. The molecule has 1 rings (SSSR count). The van der Waals surface area contributed by atoms with Gasteiger partial charge in [-0.05, 0) is 17.7 Å². The molecule has 0 spiro atoms. The fourth-order valence-corrected chi connectivity index (χ4v) is 1.68. The lowest BCUT2D eigenvalue weighted by molar-refractivity contribution is -0.130. The molecule has 0 fully saturated rings. The zero-order valence-corrected chi connectivity index (χ0v) is 11.4. The molecule has 0 radical (unpaired) electrons. The number of rotatable bonds is 7. The summed E-state index contributed by atoms with van der Waals surface area (Å²) >= 11 is 0. The van der Waals surface area contributed by atoms with Crippen LogP contribution in [0.5, 0.6) is 11.5 Å². The third kappa shape index (κ3) is 4.65. The van der Waals surface area contributed by atoms with Crippen LogP contribution in [-0.2, 0) is 11.3 Å². The molecular formula is C13H18F2N2O3. The van der Waals surface area contributed by atoms with E-state index in [0.29, 0.717) is 5.56 Å². The molecule has 1 amide bonds. The van der Waals surface area contributed by atoms with E-state index in [2.05, 4.69) is 4.74 Å². The first kappa shape index (κ1) is 16.2. The Kier molecular flexibility index (Phi) is 6.17. The van der Waals surface area contributed by atoms with Gasteiger partial charge in [0.25, 0.3) is 0 Å². The average molecular weight is 288 g/mol. The Bertz CT molecular complexity index is 455. The molecule has 0 heterocycles. The number of methoxy groups -OCH3 is 1. The molecule has 1 aromatic rings. The fourth-order valence-electron chi connectivity index (χ4n) is 1.68. The van der Waals surface area contributed by atoms with Crippen LogP contribution in [0.25, 0.3) is 0 Å². The van der Waals surface area contributed by atoms with E-state index in [9.17, 15) is 13.6 Å². The Hall–Kier alpha value is -1.89. The summed E-state index contributed by atoms with van der Waals surface area (Å²) in [6, 6.07) is 4.63. The van der Waals surface area contributed by atoms with Gasteiger partial charge < -0.3 is 20.1 Å². The summed E-state index contributed by atoms with van der Waals surface area (Å²) in [5.74, 6) is 0.0457. The van der Waals surface area contributed by atoms with Gasteiger partial charge in [0.2, 0.25) is 5.91 Å². The highest BCUT2D eigenvalue weighted by Gasteiger charge is 2.13. The van der Waals surface area contributed by atoms with Crippen molar-refractivity contribution in [1.82, 2.24) is 4.90 Å². The summed E-state index contributed by atoms with van der Waals surface area (Å²) in [6.45, 7) is -2.38. The highest BCUT2D eigenvalue weighted by atomic mass is 19.3. The number of nitrogens with two attached hydrogens (primary N) is 1. The number of nitrogens with zero attached hydrogens (tertiary/aromatic N) is 1. The summed E-state index contributed by atoms with van der Waals surface area (Å²) in [4.78, 5) is 13.1. The van der Waals surface area contributed by atoms with Crippen LogP contribution in [-0.4, -0.2) is 38.1 Å². The van der Waals surface area contributed by atoms with Crippen LogP contribution in [0.1, 0.15) is 12.0 Å². The molecule has 0 saturated carbocycles. The molecular weight excluding hydrogens is 270 g/mol. The highest BCUT2D eigenvalue weighted by molar-refractivity contribution is 5.76. The van der Waals surface area contributed by atoms with Crippen LogP contribution >= 0.6 is 0 Å². The van der Waals surface area contributed by atoms with Gasteiger partial charge in [-0.25, -0.2) is 0 Å². The Morgan fingerprint density at radius 3 is 2.65 bits per heavy atom. The number of hydrogen-bond acceptors (Lipinski definition) is 4. The van der Waals surface area contributed by atoms with E-state index in [4.69, 9.17) is 10.5 Å². The first-order valence-corrected chi connectivity index (χ1v) is 6.03. The van der Waals surface area contributed by atoms with E-state index in [1.54, 1.807) is 13.1 Å². The zero-order valence-electron chi connectivity index (χ0n) is 11.4. The summed E-state index contributed by atoms with van der Waals surface area (Å²) < 4.78 is 33.9. The maximum absolute atomic E-state index is 12.3. The number of ether oxygens (including phenoxy) is 2. The minimum absolute atomic E-state index is 0.0559. The van der Waals surface area contributed by atoms with E-state index >= 15 is 0 Å². The molecule has 0 aromatic heterocycles. The normalized spacial score (nSPS) is 10.5. The summed E-state index contributed by atoms with van der Waals surface area (Å²) in [5.41, 5.74) is 5.97. The van der Waals surface area contributed by atoms with E-state index < -0.39 is 6.61 Å². The van der Waals surface area contributed by atoms with Crippen LogP contribution in [0.4, 0.5) is 8.78 Å². The quantitative estimate of drug-likeness (QED) is 0.827. The van der Waals surface area contributed by atoms with Crippen molar-refractivity contribution in [3.05, 3.63) is 23.8 Å². The monoisotopic (exact) mass is 288 g/mol. The molecule has 0 saturated heterocycles. The molecule has 0 unspecified atom stereocenters. The highest BCUT2D eigenvalue weighted by Crippen LogP contribution is 2.29. The standard InChI is InChI=1S/C13H18F2N2O3/c1-17(12(18)5-6-16)8-9-3-4-10(19-2)11(7-9)20-13(14)15/h3-4,7,13H,5-6,8,16H2,1-2H3. The molecule has 7 heteroatoms. The Labute approximate surface area is 116 Å². The number of alkyl halides is 2. The number of carbonyl (C=O) groups excluding carboxylic acids is 1. The molecule has 0 atom stereocenters. The van der Waals surface area contributed by atoms with E-state index in [1.807, 2.05) is 0 Å². The second-order valence-electron chi connectivity index (χ2n) is 4.15. The van der Waals surface area contributed by atoms with Crippen molar-refractivity contribution in [3.8, 4) is 11.5 Å². The minimum Gasteiger partial charge on any atom is -0.493 e. The van der Waals surface area contributed by atoms with Gasteiger partial charge in [-0.15, -0.1) is 0 Å². The summed E-state index contributed by atoms with van der Waals surface area (Å²) in [7, 11) is 2.99. The van der Waals surface area contributed by atoms with Gasteiger partial charge in [-0.2, -0.15) is 8.78 Å². The van der Waals surface area contributed by atoms with Gasteiger partial charge in [0, 0.05) is 26.6 Å². The predicted molar refractivity (Wildman–Crippen MR) is 69.8 cm³/mol. The van der Waals surface area contributed by atoms with Crippen LogP contribution in [0.2, 0.25) is 0 Å². The van der Waals surface area contributed by atoms with Crippen molar-refractivity contribution >= 4 is 5.91 Å². The Balaban J connectivity index is 2.83. The van der Waals surface area contributed by atoms with Crippen molar-refractivity contribution in [3.63, 3.8) is 0 Å². The molecule has 0 bridgehead atoms. The van der Waals surface area contributed by atoms with Crippen LogP contribution in [0, 0.1) is 0 Å². The number of amides is 1. The number of carbonyl (C=O) groups is 1. The fraction of sp³-hybridized carbons (Fsp3) is 0.462. The molecule has 112 valence electrons. The number of benzene rings is 1. The maximum Gasteiger partial charge on any atom is 0.387 e. The van der Waals surface area contributed by atoms with Crippen molar-refractivity contribution in [1.29, 1.82) is 0 Å². The molecule has 2 N–H and O–H groups in total. The molecule has 0 aliphatic carbocycles. The number of hydrogen-bond donors (Lipinski definition) is 1. The third-order valence-electron chi connectivity index (χ3n) is 2.65. The first-order valence-electron chi connectivity index (χ1n) is 6.03. The summed E-state index contributed by atoms with van der Waals surface area (Å²) in [6.07, 6.45) is 0.243.